The topological polar surface area (TPSA) is 38.3 Å². The largest absolute Gasteiger partial charge is 0.484 e. The first-order valence-corrected chi connectivity index (χ1v) is 8.74. The van der Waals surface area contributed by atoms with Crippen LogP contribution in [0.2, 0.25) is 0 Å². The lowest BCUT2D eigenvalue weighted by Crippen LogP contribution is -2.33. The Kier molecular flexibility index (Phi) is 5.34. The standard InChI is InChI=1S/C19H20BrNO2/c20-16-8-10-17(11-9-16)23-13-19(22)21-12-15-6-3-5-14-4-1-2-7-18(14)15/h1-2,4,7-11,15H,3,5-6,12-13H2,(H,21,22). The highest BCUT2D eigenvalue weighted by Crippen LogP contribution is 2.30. The van der Waals surface area contributed by atoms with E-state index in [1.54, 1.807) is 0 Å². The number of carbonyl (C=O) groups excluding carboxylic acids is 1. The molecule has 0 saturated heterocycles. The van der Waals surface area contributed by atoms with Crippen molar-refractivity contribution in [3.05, 3.63) is 64.1 Å². The number of fused-ring (bicyclic) bond motifs is 1. The summed E-state index contributed by atoms with van der Waals surface area (Å²) in [5.74, 6) is 1.04. The second-order valence-electron chi connectivity index (χ2n) is 5.83. The summed E-state index contributed by atoms with van der Waals surface area (Å²) in [5, 5.41) is 3.00. The molecule has 2 aromatic carbocycles. The predicted octanol–water partition coefficient (Wildman–Crippen LogP) is 4.06. The van der Waals surface area contributed by atoms with Gasteiger partial charge in [-0.25, -0.2) is 0 Å². The lowest BCUT2D eigenvalue weighted by Gasteiger charge is -2.25. The molecule has 0 spiro atoms. The Labute approximate surface area is 145 Å². The van der Waals surface area contributed by atoms with Crippen molar-refractivity contribution in [2.24, 2.45) is 0 Å². The van der Waals surface area contributed by atoms with Gasteiger partial charge in [0, 0.05) is 16.9 Å². The third-order valence-corrected chi connectivity index (χ3v) is 4.75. The zero-order valence-electron chi connectivity index (χ0n) is 12.9. The molecule has 1 N–H and O–H groups in total. The number of rotatable bonds is 5. The Hall–Kier alpha value is -1.81. The zero-order valence-corrected chi connectivity index (χ0v) is 14.5. The van der Waals surface area contributed by atoms with Gasteiger partial charge in [0.05, 0.1) is 0 Å². The van der Waals surface area contributed by atoms with Gasteiger partial charge in [0.25, 0.3) is 5.91 Å². The van der Waals surface area contributed by atoms with Gasteiger partial charge < -0.3 is 10.1 Å². The van der Waals surface area contributed by atoms with E-state index in [2.05, 4.69) is 45.5 Å². The molecule has 0 aromatic heterocycles. The average Bonchev–Trinajstić information content (AvgIpc) is 2.59. The summed E-state index contributed by atoms with van der Waals surface area (Å²) in [6.07, 6.45) is 3.46. The molecular weight excluding hydrogens is 354 g/mol. The van der Waals surface area contributed by atoms with Crippen LogP contribution in [0, 0.1) is 0 Å². The summed E-state index contributed by atoms with van der Waals surface area (Å²) in [6, 6.07) is 16.0. The molecule has 4 heteroatoms. The fraction of sp³-hybridized carbons (Fsp3) is 0.316. The van der Waals surface area contributed by atoms with Crippen molar-refractivity contribution in [1.82, 2.24) is 5.32 Å². The normalized spacial score (nSPS) is 16.5. The summed E-state index contributed by atoms with van der Waals surface area (Å²) in [4.78, 5) is 12.0. The van der Waals surface area contributed by atoms with Gasteiger partial charge in [-0.15, -0.1) is 0 Å². The number of hydrogen-bond donors (Lipinski definition) is 1. The molecule has 1 aliphatic rings. The van der Waals surface area contributed by atoms with Crippen LogP contribution in [-0.4, -0.2) is 19.1 Å². The number of benzene rings is 2. The Morgan fingerprint density at radius 1 is 1.17 bits per heavy atom. The maximum Gasteiger partial charge on any atom is 0.257 e. The number of ether oxygens (including phenoxy) is 1. The summed E-state index contributed by atoms with van der Waals surface area (Å²) in [5.41, 5.74) is 2.80. The van der Waals surface area contributed by atoms with E-state index in [-0.39, 0.29) is 12.5 Å². The Morgan fingerprint density at radius 3 is 2.78 bits per heavy atom. The number of hydrogen-bond acceptors (Lipinski definition) is 2. The summed E-state index contributed by atoms with van der Waals surface area (Å²) in [6.45, 7) is 0.732. The molecule has 0 fully saturated rings. The van der Waals surface area contributed by atoms with Crippen molar-refractivity contribution in [2.75, 3.05) is 13.2 Å². The summed E-state index contributed by atoms with van der Waals surface area (Å²) < 4.78 is 6.49. The van der Waals surface area contributed by atoms with Crippen molar-refractivity contribution in [3.63, 3.8) is 0 Å². The lowest BCUT2D eigenvalue weighted by molar-refractivity contribution is -0.123. The minimum absolute atomic E-state index is 0.0516. The molecule has 23 heavy (non-hydrogen) atoms. The molecule has 3 nitrogen and oxygen atoms in total. The third kappa shape index (κ3) is 4.35. The van der Waals surface area contributed by atoms with Gasteiger partial charge in [-0.3, -0.25) is 4.79 Å². The number of carbonyl (C=O) groups is 1. The highest BCUT2D eigenvalue weighted by molar-refractivity contribution is 9.10. The Bertz CT molecular complexity index is 669. The van der Waals surface area contributed by atoms with Crippen LogP contribution in [0.25, 0.3) is 0 Å². The van der Waals surface area contributed by atoms with Crippen LogP contribution < -0.4 is 10.1 Å². The third-order valence-electron chi connectivity index (χ3n) is 4.22. The van der Waals surface area contributed by atoms with Gasteiger partial charge in [-0.1, -0.05) is 40.2 Å². The quantitative estimate of drug-likeness (QED) is 0.857. The zero-order chi connectivity index (χ0) is 16.1. The predicted molar refractivity (Wildman–Crippen MR) is 94.8 cm³/mol. The molecule has 0 radical (unpaired) electrons. The number of nitrogens with one attached hydrogen (secondary N) is 1. The van der Waals surface area contributed by atoms with Crippen LogP contribution in [0.3, 0.4) is 0 Å². The lowest BCUT2D eigenvalue weighted by atomic mass is 9.83. The first-order chi connectivity index (χ1) is 11.2. The fourth-order valence-electron chi connectivity index (χ4n) is 3.03. The van der Waals surface area contributed by atoms with Gasteiger partial charge in [0.2, 0.25) is 0 Å². The van der Waals surface area contributed by atoms with Crippen LogP contribution in [-0.2, 0) is 11.2 Å². The van der Waals surface area contributed by atoms with Gasteiger partial charge in [0.1, 0.15) is 5.75 Å². The molecule has 2 aromatic rings. The van der Waals surface area contributed by atoms with Gasteiger partial charge in [-0.05, 0) is 54.7 Å². The average molecular weight is 374 g/mol. The van der Waals surface area contributed by atoms with Crippen molar-refractivity contribution < 1.29 is 9.53 Å². The fourth-order valence-corrected chi connectivity index (χ4v) is 3.30. The van der Waals surface area contributed by atoms with Crippen LogP contribution >= 0.6 is 15.9 Å². The first-order valence-electron chi connectivity index (χ1n) is 7.95. The van der Waals surface area contributed by atoms with Crippen molar-refractivity contribution in [3.8, 4) is 5.75 Å². The minimum atomic E-state index is -0.0732. The molecule has 3 rings (SSSR count). The highest BCUT2D eigenvalue weighted by atomic mass is 79.9. The van der Waals surface area contributed by atoms with Gasteiger partial charge in [-0.2, -0.15) is 0 Å². The number of aryl methyl sites for hydroxylation is 1. The van der Waals surface area contributed by atoms with Crippen LogP contribution in [0.1, 0.15) is 29.9 Å². The van der Waals surface area contributed by atoms with E-state index in [1.165, 1.54) is 17.5 Å². The smallest absolute Gasteiger partial charge is 0.257 e. The minimum Gasteiger partial charge on any atom is -0.484 e. The van der Waals surface area contributed by atoms with E-state index in [1.807, 2.05) is 24.3 Å². The van der Waals surface area contributed by atoms with Crippen LogP contribution in [0.5, 0.6) is 5.75 Å². The van der Waals surface area contributed by atoms with E-state index in [4.69, 9.17) is 4.74 Å². The Morgan fingerprint density at radius 2 is 1.96 bits per heavy atom. The maximum absolute atomic E-state index is 12.0. The summed E-state index contributed by atoms with van der Waals surface area (Å²) >= 11 is 3.37. The van der Waals surface area contributed by atoms with Crippen molar-refractivity contribution >= 4 is 21.8 Å². The van der Waals surface area contributed by atoms with E-state index in [9.17, 15) is 4.79 Å². The molecule has 0 bridgehead atoms. The van der Waals surface area contributed by atoms with E-state index >= 15 is 0 Å². The van der Waals surface area contributed by atoms with Crippen molar-refractivity contribution in [1.29, 1.82) is 0 Å². The van der Waals surface area contributed by atoms with Crippen LogP contribution in [0.4, 0.5) is 0 Å². The molecule has 0 saturated carbocycles. The second kappa shape index (κ2) is 7.64. The van der Waals surface area contributed by atoms with Gasteiger partial charge in [0.15, 0.2) is 6.61 Å². The molecule has 1 atom stereocenters. The van der Waals surface area contributed by atoms with Crippen LogP contribution in [0.15, 0.2) is 53.0 Å². The maximum atomic E-state index is 12.0. The SMILES string of the molecule is O=C(COc1ccc(Br)cc1)NCC1CCCc2ccccc21. The molecule has 1 aliphatic carbocycles. The number of amides is 1. The first kappa shape index (κ1) is 16.1. The van der Waals surface area contributed by atoms with E-state index < -0.39 is 0 Å². The van der Waals surface area contributed by atoms with Gasteiger partial charge >= 0.3 is 0 Å². The van der Waals surface area contributed by atoms with E-state index in [0.29, 0.717) is 18.2 Å². The molecule has 120 valence electrons. The van der Waals surface area contributed by atoms with Crippen molar-refractivity contribution in [2.45, 2.75) is 25.2 Å². The number of halogens is 1. The second-order valence-corrected chi connectivity index (χ2v) is 6.75. The van der Waals surface area contributed by atoms with E-state index in [0.717, 1.165) is 17.3 Å². The summed E-state index contributed by atoms with van der Waals surface area (Å²) in [7, 11) is 0. The molecule has 0 aliphatic heterocycles. The molecule has 1 amide bonds. The monoisotopic (exact) mass is 373 g/mol. The highest BCUT2D eigenvalue weighted by Gasteiger charge is 2.20. The molecular formula is C19H20BrNO2. The molecule has 1 unspecified atom stereocenters. The Balaban J connectivity index is 1.49. The molecule has 0 heterocycles.